The highest BCUT2D eigenvalue weighted by Crippen LogP contribution is 2.30. The fourth-order valence-corrected chi connectivity index (χ4v) is 1.67. The zero-order chi connectivity index (χ0) is 11.5. The summed E-state index contributed by atoms with van der Waals surface area (Å²) in [5.41, 5.74) is 1.32. The van der Waals surface area contributed by atoms with Crippen molar-refractivity contribution < 1.29 is 9.53 Å². The maximum atomic E-state index is 11.3. The summed E-state index contributed by atoms with van der Waals surface area (Å²) in [6, 6.07) is 5.11. The predicted octanol–water partition coefficient (Wildman–Crippen LogP) is 2.95. The second-order valence-corrected chi connectivity index (χ2v) is 4.42. The number of methoxy groups -OCH3 is 1. The second kappa shape index (κ2) is 4.74. The first kappa shape index (κ1) is 11.3. The molecule has 1 aromatic carbocycles. The molecule has 1 fully saturated rings. The average molecular weight is 240 g/mol. The number of hydrogen-bond donors (Lipinski definition) is 1. The molecule has 3 nitrogen and oxygen atoms in total. The Labute approximate surface area is 99.7 Å². The van der Waals surface area contributed by atoms with E-state index in [2.05, 4.69) is 10.1 Å². The Morgan fingerprint density at radius 1 is 1.56 bits per heavy atom. The lowest BCUT2D eigenvalue weighted by molar-refractivity contribution is 0.0601. The lowest BCUT2D eigenvalue weighted by atomic mass is 10.2. The standard InChI is InChI=1S/C12H14ClNO2/c1-16-12(15)9-4-5-10(13)11(6-9)14-7-8-2-3-8/h4-6,8,14H,2-3,7H2,1H3. The van der Waals surface area contributed by atoms with Crippen LogP contribution < -0.4 is 5.32 Å². The molecule has 0 unspecified atom stereocenters. The van der Waals surface area contributed by atoms with Crippen molar-refractivity contribution in [3.05, 3.63) is 28.8 Å². The first-order valence-electron chi connectivity index (χ1n) is 5.32. The number of hydrogen-bond acceptors (Lipinski definition) is 3. The molecule has 1 aromatic rings. The van der Waals surface area contributed by atoms with Gasteiger partial charge in [0.2, 0.25) is 0 Å². The van der Waals surface area contributed by atoms with E-state index < -0.39 is 0 Å². The Balaban J connectivity index is 2.11. The van der Waals surface area contributed by atoms with Gasteiger partial charge in [-0.3, -0.25) is 0 Å². The average Bonchev–Trinajstić information content (AvgIpc) is 3.11. The number of halogens is 1. The maximum Gasteiger partial charge on any atom is 0.337 e. The van der Waals surface area contributed by atoms with Crippen molar-refractivity contribution in [2.75, 3.05) is 19.0 Å². The first-order valence-corrected chi connectivity index (χ1v) is 5.70. The molecule has 0 aliphatic heterocycles. The third-order valence-corrected chi connectivity index (χ3v) is 3.00. The van der Waals surface area contributed by atoms with Crippen LogP contribution in [0.2, 0.25) is 5.02 Å². The van der Waals surface area contributed by atoms with Crippen molar-refractivity contribution in [2.45, 2.75) is 12.8 Å². The SMILES string of the molecule is COC(=O)c1ccc(Cl)c(NCC2CC2)c1. The smallest absolute Gasteiger partial charge is 0.337 e. The van der Waals surface area contributed by atoms with E-state index in [0.717, 1.165) is 18.2 Å². The van der Waals surface area contributed by atoms with Crippen molar-refractivity contribution in [2.24, 2.45) is 5.92 Å². The van der Waals surface area contributed by atoms with Gasteiger partial charge in [0.25, 0.3) is 0 Å². The molecule has 1 aliphatic carbocycles. The summed E-state index contributed by atoms with van der Waals surface area (Å²) in [5, 5.41) is 3.89. The number of ether oxygens (including phenoxy) is 1. The van der Waals surface area contributed by atoms with E-state index >= 15 is 0 Å². The van der Waals surface area contributed by atoms with E-state index in [9.17, 15) is 4.79 Å². The van der Waals surface area contributed by atoms with Crippen LogP contribution in [0.1, 0.15) is 23.2 Å². The molecule has 0 aromatic heterocycles. The zero-order valence-corrected chi connectivity index (χ0v) is 9.88. The fourth-order valence-electron chi connectivity index (χ4n) is 1.48. The van der Waals surface area contributed by atoms with Gasteiger partial charge in [-0.1, -0.05) is 11.6 Å². The van der Waals surface area contributed by atoms with Crippen LogP contribution >= 0.6 is 11.6 Å². The third-order valence-electron chi connectivity index (χ3n) is 2.67. The molecule has 86 valence electrons. The van der Waals surface area contributed by atoms with Gasteiger partial charge in [-0.05, 0) is 37.0 Å². The van der Waals surface area contributed by atoms with Crippen LogP contribution in [-0.4, -0.2) is 19.6 Å². The van der Waals surface area contributed by atoms with Gasteiger partial charge >= 0.3 is 5.97 Å². The quantitative estimate of drug-likeness (QED) is 0.821. The van der Waals surface area contributed by atoms with Gasteiger partial charge in [-0.2, -0.15) is 0 Å². The number of esters is 1. The van der Waals surface area contributed by atoms with Gasteiger partial charge < -0.3 is 10.1 Å². The molecule has 0 radical (unpaired) electrons. The summed E-state index contributed by atoms with van der Waals surface area (Å²) in [4.78, 5) is 11.3. The highest BCUT2D eigenvalue weighted by molar-refractivity contribution is 6.33. The molecule has 0 atom stereocenters. The number of carbonyl (C=O) groups is 1. The molecule has 1 saturated carbocycles. The summed E-state index contributed by atoms with van der Waals surface area (Å²) in [7, 11) is 1.37. The predicted molar refractivity (Wildman–Crippen MR) is 64.0 cm³/mol. The largest absolute Gasteiger partial charge is 0.465 e. The van der Waals surface area contributed by atoms with Crippen LogP contribution in [0.3, 0.4) is 0 Å². The molecule has 4 heteroatoms. The normalized spacial score (nSPS) is 14.6. The Hall–Kier alpha value is -1.22. The van der Waals surface area contributed by atoms with E-state index in [1.165, 1.54) is 20.0 Å². The number of rotatable bonds is 4. The molecule has 1 aliphatic rings. The molecule has 2 rings (SSSR count). The van der Waals surface area contributed by atoms with Crippen molar-refractivity contribution in [1.29, 1.82) is 0 Å². The molecule has 0 heterocycles. The summed E-state index contributed by atoms with van der Waals surface area (Å²) in [6.07, 6.45) is 2.56. The molecule has 0 amide bonds. The maximum absolute atomic E-state index is 11.3. The van der Waals surface area contributed by atoms with Crippen molar-refractivity contribution >= 4 is 23.3 Å². The van der Waals surface area contributed by atoms with Crippen LogP contribution in [0.5, 0.6) is 0 Å². The Bertz CT molecular complexity index is 402. The second-order valence-electron chi connectivity index (χ2n) is 4.01. The van der Waals surface area contributed by atoms with E-state index in [-0.39, 0.29) is 5.97 Å². The Morgan fingerprint density at radius 3 is 2.94 bits per heavy atom. The van der Waals surface area contributed by atoms with Crippen LogP contribution in [-0.2, 0) is 4.74 Å². The van der Waals surface area contributed by atoms with Gasteiger partial charge in [0.05, 0.1) is 23.4 Å². The first-order chi connectivity index (χ1) is 7.70. The lowest BCUT2D eigenvalue weighted by Crippen LogP contribution is -2.06. The van der Waals surface area contributed by atoms with E-state index in [4.69, 9.17) is 11.6 Å². The highest BCUT2D eigenvalue weighted by atomic mass is 35.5. The summed E-state index contributed by atoms with van der Waals surface area (Å²) in [5.74, 6) is 0.420. The minimum atomic E-state index is -0.342. The van der Waals surface area contributed by atoms with E-state index in [1.807, 2.05) is 0 Å². The number of carbonyl (C=O) groups excluding carboxylic acids is 1. The minimum absolute atomic E-state index is 0.342. The number of benzene rings is 1. The molecule has 0 bridgehead atoms. The minimum Gasteiger partial charge on any atom is -0.465 e. The van der Waals surface area contributed by atoms with Crippen LogP contribution in [0.25, 0.3) is 0 Å². The monoisotopic (exact) mass is 239 g/mol. The van der Waals surface area contributed by atoms with Crippen LogP contribution in [0.15, 0.2) is 18.2 Å². The molecule has 0 saturated heterocycles. The molecule has 0 spiro atoms. The van der Waals surface area contributed by atoms with Crippen LogP contribution in [0, 0.1) is 5.92 Å². The number of nitrogens with one attached hydrogen (secondary N) is 1. The Morgan fingerprint density at radius 2 is 2.31 bits per heavy atom. The van der Waals surface area contributed by atoms with Gasteiger partial charge in [0.15, 0.2) is 0 Å². The highest BCUT2D eigenvalue weighted by Gasteiger charge is 2.21. The van der Waals surface area contributed by atoms with Gasteiger partial charge in [0, 0.05) is 6.54 Å². The summed E-state index contributed by atoms with van der Waals surface area (Å²) < 4.78 is 4.66. The fraction of sp³-hybridized carbons (Fsp3) is 0.417. The molecular formula is C12H14ClNO2. The van der Waals surface area contributed by atoms with Gasteiger partial charge in [-0.15, -0.1) is 0 Å². The van der Waals surface area contributed by atoms with E-state index in [0.29, 0.717) is 10.6 Å². The van der Waals surface area contributed by atoms with Crippen molar-refractivity contribution in [3.63, 3.8) is 0 Å². The molecule has 1 N–H and O–H groups in total. The van der Waals surface area contributed by atoms with Crippen molar-refractivity contribution in [1.82, 2.24) is 0 Å². The molecular weight excluding hydrogens is 226 g/mol. The summed E-state index contributed by atoms with van der Waals surface area (Å²) >= 11 is 6.03. The Kier molecular flexibility index (Phi) is 3.34. The topological polar surface area (TPSA) is 38.3 Å². The summed E-state index contributed by atoms with van der Waals surface area (Å²) in [6.45, 7) is 0.921. The van der Waals surface area contributed by atoms with Gasteiger partial charge in [0.1, 0.15) is 0 Å². The van der Waals surface area contributed by atoms with E-state index in [1.54, 1.807) is 18.2 Å². The zero-order valence-electron chi connectivity index (χ0n) is 9.13. The van der Waals surface area contributed by atoms with Gasteiger partial charge in [-0.25, -0.2) is 4.79 Å². The molecule has 16 heavy (non-hydrogen) atoms. The lowest BCUT2D eigenvalue weighted by Gasteiger charge is -2.09. The van der Waals surface area contributed by atoms with Crippen molar-refractivity contribution in [3.8, 4) is 0 Å². The number of anilines is 1. The van der Waals surface area contributed by atoms with Crippen LogP contribution in [0.4, 0.5) is 5.69 Å². The third kappa shape index (κ3) is 2.67.